The van der Waals surface area contributed by atoms with Gasteiger partial charge < -0.3 is 0 Å². The second kappa shape index (κ2) is 25.1. The maximum Gasteiger partial charge on any atom is 0.0887 e. The summed E-state index contributed by atoms with van der Waals surface area (Å²) in [6, 6.07) is 0.406. The van der Waals surface area contributed by atoms with Gasteiger partial charge in [-0.15, -0.1) is 10.2 Å². The number of aryl methyl sites for hydroxylation is 5. The Labute approximate surface area is 372 Å². The fourth-order valence-electron chi connectivity index (χ4n) is 7.68. The highest BCUT2D eigenvalue weighted by Crippen LogP contribution is 2.27. The van der Waals surface area contributed by atoms with Crippen LogP contribution in [0.2, 0.25) is 0 Å². The molecular weight excluding hydrogens is 757 g/mol. The standard InChI is InChI=1S/C11H20N2.2C10H18N2.2C9H17N3/c1-6-13-11(9(4)5)10(7-12-13)8(2)3;1-7(2)9-6-12(5)11-10(9)8(3)4;1-7(2)9-6-11-12(5)10(9)8(3)4;1-6(2)8-9(7(3)4)12(5)11-10-8;1-6(2)9-8(5)10-11-12(9)7(3)4/h7-9H,6H2,1-5H3;2*6-8H,1-5H3;2*6-7H,1-5H3. The third-order valence-electron chi connectivity index (χ3n) is 10.6. The van der Waals surface area contributed by atoms with Crippen LogP contribution in [0.1, 0.15) is 261 Å². The van der Waals surface area contributed by atoms with Crippen molar-refractivity contribution >= 4 is 0 Å². The van der Waals surface area contributed by atoms with Gasteiger partial charge in [0.2, 0.25) is 0 Å². The average molecular weight is 847 g/mol. The Morgan fingerprint density at radius 3 is 1.26 bits per heavy atom. The van der Waals surface area contributed by atoms with Crippen molar-refractivity contribution in [3.05, 3.63) is 75.1 Å². The zero-order valence-electron chi connectivity index (χ0n) is 43.6. The fraction of sp³-hybridized carbons (Fsp3) is 0.735. The third-order valence-corrected chi connectivity index (χ3v) is 10.6. The molecule has 0 N–H and O–H groups in total. The summed E-state index contributed by atoms with van der Waals surface area (Å²) in [6.45, 7) is 48.9. The van der Waals surface area contributed by atoms with Gasteiger partial charge in [0.1, 0.15) is 0 Å². The lowest BCUT2D eigenvalue weighted by molar-refractivity contribution is 0.484. The molecule has 12 nitrogen and oxygen atoms in total. The predicted octanol–water partition coefficient (Wildman–Crippen LogP) is 12.8. The fourth-order valence-corrected chi connectivity index (χ4v) is 7.68. The highest BCUT2D eigenvalue weighted by atomic mass is 15.4. The first kappa shape index (κ1) is 54.9. The molecule has 0 fully saturated rings. The van der Waals surface area contributed by atoms with Crippen LogP contribution < -0.4 is 0 Å². The van der Waals surface area contributed by atoms with Crippen molar-refractivity contribution in [2.75, 3.05) is 0 Å². The predicted molar refractivity (Wildman–Crippen MR) is 257 cm³/mol. The quantitative estimate of drug-likeness (QED) is 0.130. The summed E-state index contributed by atoms with van der Waals surface area (Å²) in [7, 11) is 5.95. The number of hydrogen-bond acceptors (Lipinski definition) is 7. The molecule has 0 unspecified atom stereocenters. The van der Waals surface area contributed by atoms with E-state index in [0.29, 0.717) is 59.3 Å². The molecule has 0 bridgehead atoms. The van der Waals surface area contributed by atoms with Crippen LogP contribution in [0, 0.1) is 6.92 Å². The molecule has 0 aromatic carbocycles. The molecule has 0 spiro atoms. The first-order valence-corrected chi connectivity index (χ1v) is 23.1. The Bertz CT molecular complexity index is 1800. The molecule has 0 radical (unpaired) electrons. The molecule has 0 saturated heterocycles. The van der Waals surface area contributed by atoms with Crippen LogP contribution >= 0.6 is 0 Å². The van der Waals surface area contributed by atoms with Crippen LogP contribution in [0.4, 0.5) is 0 Å². The first-order chi connectivity index (χ1) is 28.2. The zero-order valence-corrected chi connectivity index (χ0v) is 43.6. The molecule has 0 saturated carbocycles. The monoisotopic (exact) mass is 847 g/mol. The van der Waals surface area contributed by atoms with E-state index < -0.39 is 0 Å². The topological polar surface area (TPSA) is 115 Å². The smallest absolute Gasteiger partial charge is 0.0887 e. The number of aromatic nitrogens is 12. The van der Waals surface area contributed by atoms with Crippen molar-refractivity contribution < 1.29 is 0 Å². The van der Waals surface area contributed by atoms with Crippen molar-refractivity contribution in [2.45, 2.75) is 218 Å². The van der Waals surface area contributed by atoms with E-state index in [9.17, 15) is 0 Å². The van der Waals surface area contributed by atoms with Crippen molar-refractivity contribution in [1.82, 2.24) is 59.3 Å². The number of hydrogen-bond donors (Lipinski definition) is 0. The molecule has 0 aliphatic heterocycles. The van der Waals surface area contributed by atoms with Crippen molar-refractivity contribution in [3.63, 3.8) is 0 Å². The number of nitrogens with zero attached hydrogens (tertiary/aromatic N) is 12. The molecule has 61 heavy (non-hydrogen) atoms. The molecule has 5 heterocycles. The van der Waals surface area contributed by atoms with Gasteiger partial charge in [-0.2, -0.15) is 15.3 Å². The van der Waals surface area contributed by atoms with Gasteiger partial charge in [-0.3, -0.25) is 18.7 Å². The lowest BCUT2D eigenvalue weighted by Crippen LogP contribution is -2.09. The molecule has 0 aliphatic rings. The Balaban J connectivity index is 0.000000381. The summed E-state index contributed by atoms with van der Waals surface area (Å²) in [4.78, 5) is 0. The molecule has 5 aromatic rings. The minimum absolute atomic E-state index is 0.406. The summed E-state index contributed by atoms with van der Waals surface area (Å²) < 4.78 is 9.88. The zero-order chi connectivity index (χ0) is 47.2. The van der Waals surface area contributed by atoms with Gasteiger partial charge in [-0.1, -0.05) is 135 Å². The van der Waals surface area contributed by atoms with E-state index in [2.05, 4.69) is 192 Å². The van der Waals surface area contributed by atoms with Crippen LogP contribution in [-0.4, -0.2) is 59.3 Å². The van der Waals surface area contributed by atoms with Crippen LogP contribution in [0.3, 0.4) is 0 Å². The molecule has 346 valence electrons. The van der Waals surface area contributed by atoms with E-state index in [1.54, 1.807) is 0 Å². The largest absolute Gasteiger partial charge is 0.275 e. The summed E-state index contributed by atoms with van der Waals surface area (Å²) >= 11 is 0. The van der Waals surface area contributed by atoms with Crippen LogP contribution in [-0.2, 0) is 27.7 Å². The molecular formula is C49H90N12. The highest BCUT2D eigenvalue weighted by molar-refractivity contribution is 5.25. The average Bonchev–Trinajstić information content (AvgIpc) is 3.98. The third kappa shape index (κ3) is 15.6. The maximum absolute atomic E-state index is 4.45. The Morgan fingerprint density at radius 1 is 0.459 bits per heavy atom. The Kier molecular flexibility index (Phi) is 22.6. The Hall–Kier alpha value is -4.09. The van der Waals surface area contributed by atoms with E-state index in [1.165, 1.54) is 45.2 Å². The lowest BCUT2D eigenvalue weighted by atomic mass is 9.98. The Morgan fingerprint density at radius 2 is 0.918 bits per heavy atom. The molecule has 5 rings (SSSR count). The van der Waals surface area contributed by atoms with Gasteiger partial charge in [0, 0.05) is 51.3 Å². The molecule has 5 aromatic heterocycles. The summed E-state index contributed by atoms with van der Waals surface area (Å²) in [5.41, 5.74) is 12.9. The summed E-state index contributed by atoms with van der Waals surface area (Å²) in [5, 5.41) is 29.5. The van der Waals surface area contributed by atoms with Crippen molar-refractivity contribution in [1.29, 1.82) is 0 Å². The van der Waals surface area contributed by atoms with Gasteiger partial charge >= 0.3 is 0 Å². The van der Waals surface area contributed by atoms with Crippen molar-refractivity contribution in [2.24, 2.45) is 21.1 Å². The molecule has 0 atom stereocenters. The second-order valence-electron chi connectivity index (χ2n) is 19.5. The maximum atomic E-state index is 4.45. The van der Waals surface area contributed by atoms with Gasteiger partial charge in [0.15, 0.2) is 0 Å². The van der Waals surface area contributed by atoms with Gasteiger partial charge in [-0.05, 0) is 97.6 Å². The van der Waals surface area contributed by atoms with E-state index in [4.69, 9.17) is 0 Å². The summed E-state index contributed by atoms with van der Waals surface area (Å²) in [6.07, 6.45) is 6.13. The van der Waals surface area contributed by atoms with Crippen LogP contribution in [0.25, 0.3) is 0 Å². The first-order valence-electron chi connectivity index (χ1n) is 23.1. The van der Waals surface area contributed by atoms with Crippen LogP contribution in [0.15, 0.2) is 18.6 Å². The highest BCUT2D eigenvalue weighted by Gasteiger charge is 2.18. The summed E-state index contributed by atoms with van der Waals surface area (Å²) in [5.74, 6) is 4.88. The van der Waals surface area contributed by atoms with Gasteiger partial charge in [0.05, 0.1) is 40.9 Å². The van der Waals surface area contributed by atoms with Crippen molar-refractivity contribution in [3.8, 4) is 0 Å². The minimum atomic E-state index is 0.406. The van der Waals surface area contributed by atoms with E-state index in [1.807, 2.05) is 59.2 Å². The lowest BCUT2D eigenvalue weighted by Gasteiger charge is -2.13. The van der Waals surface area contributed by atoms with Crippen LogP contribution in [0.5, 0.6) is 0 Å². The minimum Gasteiger partial charge on any atom is -0.275 e. The molecule has 12 heteroatoms. The number of rotatable bonds is 11. The van der Waals surface area contributed by atoms with Gasteiger partial charge in [-0.25, -0.2) is 4.68 Å². The van der Waals surface area contributed by atoms with E-state index >= 15 is 0 Å². The van der Waals surface area contributed by atoms with Gasteiger partial charge in [0.25, 0.3) is 0 Å². The van der Waals surface area contributed by atoms with E-state index in [-0.39, 0.29) is 0 Å². The molecule has 0 amide bonds. The normalized spacial score (nSPS) is 11.6. The SMILES string of the molecule is CC(C)c1cn(C)nc1C(C)C.CC(C)c1cnn(C)c1C(C)C.CC(C)c1nnn(C)c1C(C)C.CCn1ncc(C(C)C)c1C(C)C.Cc1nnn(C(C)C)c1C(C)C. The second-order valence-corrected chi connectivity index (χ2v) is 19.5. The molecule has 0 aliphatic carbocycles. The van der Waals surface area contributed by atoms with E-state index in [0.717, 1.165) is 17.9 Å².